The summed E-state index contributed by atoms with van der Waals surface area (Å²) in [5.74, 6) is 0.528. The number of aromatic amines is 1. The van der Waals surface area contributed by atoms with Crippen molar-refractivity contribution < 1.29 is 4.74 Å². The fourth-order valence-corrected chi connectivity index (χ4v) is 2.03. The summed E-state index contributed by atoms with van der Waals surface area (Å²) in [6, 6.07) is 0. The molecule has 0 aliphatic rings. The molecule has 2 rings (SSSR count). The third kappa shape index (κ3) is 2.53. The number of aryl methyl sites for hydroxylation is 1. The number of nitrogens with one attached hydrogen (secondary N) is 1. The van der Waals surface area contributed by atoms with E-state index >= 15 is 0 Å². The van der Waals surface area contributed by atoms with Crippen molar-refractivity contribution in [1.82, 2.24) is 19.5 Å². The molecule has 1 N–H and O–H groups in total. The van der Waals surface area contributed by atoms with E-state index in [4.69, 9.17) is 17.0 Å². The zero-order chi connectivity index (χ0) is 13.3. The second kappa shape index (κ2) is 4.68. The van der Waals surface area contributed by atoms with Crippen molar-refractivity contribution in [3.63, 3.8) is 0 Å². The van der Waals surface area contributed by atoms with Gasteiger partial charge in [-0.3, -0.25) is 0 Å². The molecule has 2 aromatic rings. The van der Waals surface area contributed by atoms with E-state index in [1.54, 1.807) is 7.11 Å². The van der Waals surface area contributed by atoms with Crippen LogP contribution in [-0.2, 0) is 6.54 Å². The van der Waals surface area contributed by atoms with Crippen molar-refractivity contribution >= 4 is 23.4 Å². The maximum Gasteiger partial charge on any atom is 0.242 e. The Kier molecular flexibility index (Phi) is 3.38. The van der Waals surface area contributed by atoms with Gasteiger partial charge in [0.05, 0.1) is 7.11 Å². The van der Waals surface area contributed by atoms with E-state index in [9.17, 15) is 0 Å². The third-order valence-electron chi connectivity index (χ3n) is 2.80. The first-order valence-corrected chi connectivity index (χ1v) is 6.31. The number of ether oxygens (including phenoxy) is 1. The van der Waals surface area contributed by atoms with E-state index in [-0.39, 0.29) is 5.41 Å². The minimum Gasteiger partial charge on any atom is -0.479 e. The highest BCUT2D eigenvalue weighted by atomic mass is 32.1. The van der Waals surface area contributed by atoms with Crippen LogP contribution in [0, 0.1) is 10.2 Å². The molecule has 2 aromatic heterocycles. The third-order valence-corrected chi connectivity index (χ3v) is 3.13. The molecule has 0 aromatic carbocycles. The highest BCUT2D eigenvalue weighted by Gasteiger charge is 2.14. The van der Waals surface area contributed by atoms with Crippen molar-refractivity contribution in [3.8, 4) is 5.88 Å². The van der Waals surface area contributed by atoms with E-state index in [2.05, 4.69) is 35.7 Å². The maximum atomic E-state index is 5.33. The van der Waals surface area contributed by atoms with Gasteiger partial charge in [0.1, 0.15) is 11.8 Å². The first-order valence-electron chi connectivity index (χ1n) is 5.90. The van der Waals surface area contributed by atoms with Gasteiger partial charge in [0, 0.05) is 6.54 Å². The van der Waals surface area contributed by atoms with Crippen molar-refractivity contribution in [1.29, 1.82) is 0 Å². The zero-order valence-electron chi connectivity index (χ0n) is 11.1. The Bertz CT molecular complexity index is 609. The zero-order valence-corrected chi connectivity index (χ0v) is 12.0. The minimum absolute atomic E-state index is 0.259. The fraction of sp³-hybridized carbons (Fsp3) is 0.583. The molecule has 0 radical (unpaired) electrons. The van der Waals surface area contributed by atoms with Crippen molar-refractivity contribution in [2.45, 2.75) is 33.7 Å². The van der Waals surface area contributed by atoms with Crippen LogP contribution in [-0.4, -0.2) is 26.6 Å². The smallest absolute Gasteiger partial charge is 0.242 e. The Morgan fingerprint density at radius 2 is 2.11 bits per heavy atom. The monoisotopic (exact) mass is 266 g/mol. The average Bonchev–Trinajstić information content (AvgIpc) is 2.61. The number of nitrogens with zero attached hydrogens (tertiary/aromatic N) is 3. The Labute approximate surface area is 111 Å². The highest BCUT2D eigenvalue weighted by Crippen LogP contribution is 2.23. The second-order valence-corrected chi connectivity index (χ2v) is 5.86. The summed E-state index contributed by atoms with van der Waals surface area (Å²) in [5.41, 5.74) is 1.82. The lowest BCUT2D eigenvalue weighted by Gasteiger charge is -2.18. The topological polar surface area (TPSA) is 55.7 Å². The number of hydrogen-bond donors (Lipinski definition) is 1. The second-order valence-electron chi connectivity index (χ2n) is 5.47. The summed E-state index contributed by atoms with van der Waals surface area (Å²) >= 11 is 5.33. The van der Waals surface area contributed by atoms with Crippen LogP contribution in [0.4, 0.5) is 0 Å². The molecular weight excluding hydrogens is 248 g/mol. The average molecular weight is 266 g/mol. The number of imidazole rings is 1. The van der Waals surface area contributed by atoms with Gasteiger partial charge in [-0.2, -0.15) is 4.98 Å². The molecule has 0 aliphatic heterocycles. The van der Waals surface area contributed by atoms with E-state index in [0.29, 0.717) is 10.7 Å². The molecule has 5 nitrogen and oxygen atoms in total. The molecule has 0 unspecified atom stereocenters. The molecule has 2 heterocycles. The van der Waals surface area contributed by atoms with Crippen LogP contribution >= 0.6 is 12.2 Å². The number of rotatable bonds is 3. The molecule has 0 spiro atoms. The molecule has 0 saturated carbocycles. The van der Waals surface area contributed by atoms with Crippen LogP contribution in [0.2, 0.25) is 0 Å². The van der Waals surface area contributed by atoms with E-state index in [0.717, 1.165) is 24.1 Å². The summed E-state index contributed by atoms with van der Waals surface area (Å²) in [6.07, 6.45) is 2.53. The lowest BCUT2D eigenvalue weighted by atomic mass is 9.92. The van der Waals surface area contributed by atoms with Crippen molar-refractivity contribution in [3.05, 3.63) is 11.1 Å². The van der Waals surface area contributed by atoms with Crippen LogP contribution in [0.25, 0.3) is 11.2 Å². The fourth-order valence-electron chi connectivity index (χ4n) is 1.75. The van der Waals surface area contributed by atoms with Gasteiger partial charge in [-0.25, -0.2) is 4.98 Å². The summed E-state index contributed by atoms with van der Waals surface area (Å²) < 4.78 is 7.86. The van der Waals surface area contributed by atoms with Gasteiger partial charge in [-0.15, -0.1) is 0 Å². The van der Waals surface area contributed by atoms with Gasteiger partial charge in [-0.1, -0.05) is 20.8 Å². The van der Waals surface area contributed by atoms with Gasteiger partial charge in [0.2, 0.25) is 5.88 Å². The number of fused-ring (bicyclic) bond motifs is 1. The molecule has 0 atom stereocenters. The summed E-state index contributed by atoms with van der Waals surface area (Å²) in [4.78, 5) is 11.5. The number of aromatic nitrogens is 4. The molecule has 98 valence electrons. The van der Waals surface area contributed by atoms with Crippen molar-refractivity contribution in [2.24, 2.45) is 5.41 Å². The molecule has 0 aliphatic carbocycles. The number of hydrogen-bond acceptors (Lipinski definition) is 4. The molecule has 0 saturated heterocycles. The maximum absolute atomic E-state index is 5.33. The standard InChI is InChI=1S/C12H18N4OS/c1-12(2,3)5-6-16-9-8(15-11(16)18)10(17-4)14-7-13-9/h7H,5-6H2,1-4H3,(H,15,18). The Morgan fingerprint density at radius 1 is 1.39 bits per heavy atom. The Hall–Kier alpha value is -1.43. The van der Waals surface area contributed by atoms with E-state index in [1.807, 2.05) is 4.57 Å². The summed E-state index contributed by atoms with van der Waals surface area (Å²) in [5, 5.41) is 0. The first kappa shape index (κ1) is 13.0. The molecule has 6 heteroatoms. The molecule has 0 fully saturated rings. The molecular formula is C12H18N4OS. The van der Waals surface area contributed by atoms with Crippen LogP contribution in [0.3, 0.4) is 0 Å². The molecule has 18 heavy (non-hydrogen) atoms. The SMILES string of the molecule is COc1ncnc2c1[nH]c(=S)n2CCC(C)(C)C. The predicted octanol–water partition coefficient (Wildman–Crippen LogP) is 2.93. The van der Waals surface area contributed by atoms with Gasteiger partial charge in [0.25, 0.3) is 0 Å². The molecule has 0 bridgehead atoms. The van der Waals surface area contributed by atoms with Gasteiger partial charge in [0.15, 0.2) is 10.4 Å². The quantitative estimate of drug-likeness (QED) is 0.868. The Morgan fingerprint density at radius 3 is 2.72 bits per heavy atom. The van der Waals surface area contributed by atoms with Gasteiger partial charge in [-0.05, 0) is 24.1 Å². The van der Waals surface area contributed by atoms with Gasteiger partial charge < -0.3 is 14.3 Å². The van der Waals surface area contributed by atoms with Crippen LogP contribution in [0.15, 0.2) is 6.33 Å². The van der Waals surface area contributed by atoms with E-state index in [1.165, 1.54) is 6.33 Å². The van der Waals surface area contributed by atoms with Crippen LogP contribution in [0.1, 0.15) is 27.2 Å². The number of methoxy groups -OCH3 is 1. The van der Waals surface area contributed by atoms with Gasteiger partial charge >= 0.3 is 0 Å². The summed E-state index contributed by atoms with van der Waals surface area (Å²) in [7, 11) is 1.59. The predicted molar refractivity (Wildman–Crippen MR) is 73.3 cm³/mol. The van der Waals surface area contributed by atoms with Crippen LogP contribution in [0.5, 0.6) is 5.88 Å². The number of H-pyrrole nitrogens is 1. The lowest BCUT2D eigenvalue weighted by Crippen LogP contribution is -2.10. The first-order chi connectivity index (χ1) is 8.42. The van der Waals surface area contributed by atoms with E-state index < -0.39 is 0 Å². The minimum atomic E-state index is 0.259. The van der Waals surface area contributed by atoms with Crippen molar-refractivity contribution in [2.75, 3.05) is 7.11 Å². The normalized spacial score (nSPS) is 12.0. The highest BCUT2D eigenvalue weighted by molar-refractivity contribution is 7.71. The van der Waals surface area contributed by atoms with Crippen LogP contribution < -0.4 is 4.74 Å². The molecule has 0 amide bonds. The summed E-state index contributed by atoms with van der Waals surface area (Å²) in [6.45, 7) is 7.46. The largest absolute Gasteiger partial charge is 0.479 e. The lowest BCUT2D eigenvalue weighted by molar-refractivity contribution is 0.351. The Balaban J connectivity index is 2.45.